The lowest BCUT2D eigenvalue weighted by Gasteiger charge is -2.21. The molecule has 53 heavy (non-hydrogen) atoms. The average molecular weight is 766 g/mol. The fourth-order valence-electron chi connectivity index (χ4n) is 6.87. The largest absolute Gasteiger partial charge is 0.387 e. The standard InChI is InChI=1S/C46H87NO5S/c1-3-5-7-9-11-13-15-17-19-21-23-25-27-29-31-33-35-37-39-41-45(48)44(43-53(50,51)52)47-46(49)42-40-38-36-34-32-30-28-26-24-22-20-18-16-14-12-10-8-6-4-2/h18,20,31,33,39,41,44-45,48H,3-17,19,21-30,32,34-38,40,42-43H2,1-2H3,(H,47,49)(H,50,51,52)/b20-18-,33-31+,41-39+. The summed E-state index contributed by atoms with van der Waals surface area (Å²) < 4.78 is 32.6. The van der Waals surface area contributed by atoms with E-state index in [4.69, 9.17) is 0 Å². The normalized spacial score (nSPS) is 13.5. The van der Waals surface area contributed by atoms with Crippen molar-refractivity contribution in [3.05, 3.63) is 36.5 Å². The maximum atomic E-state index is 12.5. The molecule has 3 N–H and O–H groups in total. The highest BCUT2D eigenvalue weighted by molar-refractivity contribution is 7.85. The maximum absolute atomic E-state index is 12.5. The van der Waals surface area contributed by atoms with Gasteiger partial charge in [-0.05, 0) is 57.8 Å². The molecule has 0 aliphatic heterocycles. The Morgan fingerprint density at radius 3 is 1.19 bits per heavy atom. The monoisotopic (exact) mass is 766 g/mol. The number of hydrogen-bond acceptors (Lipinski definition) is 4. The molecule has 0 aromatic heterocycles. The van der Waals surface area contributed by atoms with Gasteiger partial charge in [0.2, 0.25) is 5.91 Å². The second-order valence-corrected chi connectivity index (χ2v) is 17.2. The number of aliphatic hydroxyl groups excluding tert-OH is 1. The average Bonchev–Trinajstić information content (AvgIpc) is 3.12. The highest BCUT2D eigenvalue weighted by Crippen LogP contribution is 2.15. The van der Waals surface area contributed by atoms with Gasteiger partial charge in [-0.2, -0.15) is 8.42 Å². The molecule has 2 atom stereocenters. The molecule has 0 aromatic rings. The first-order valence-corrected chi connectivity index (χ1v) is 24.3. The Morgan fingerprint density at radius 2 is 0.811 bits per heavy atom. The summed E-state index contributed by atoms with van der Waals surface area (Å²) in [5.74, 6) is -0.998. The fraction of sp³-hybridized carbons (Fsp3) is 0.848. The van der Waals surface area contributed by atoms with Gasteiger partial charge in [-0.1, -0.05) is 204 Å². The number of nitrogens with one attached hydrogen (secondary N) is 1. The third-order valence-corrected chi connectivity index (χ3v) is 11.1. The van der Waals surface area contributed by atoms with Gasteiger partial charge < -0.3 is 10.4 Å². The van der Waals surface area contributed by atoms with E-state index in [1.807, 2.05) is 6.08 Å². The number of carbonyl (C=O) groups is 1. The van der Waals surface area contributed by atoms with E-state index in [1.165, 1.54) is 179 Å². The van der Waals surface area contributed by atoms with Crippen LogP contribution in [0.2, 0.25) is 0 Å². The van der Waals surface area contributed by atoms with Crippen molar-refractivity contribution >= 4 is 16.0 Å². The van der Waals surface area contributed by atoms with Crippen LogP contribution in [0.5, 0.6) is 0 Å². The van der Waals surface area contributed by atoms with E-state index in [9.17, 15) is 22.9 Å². The van der Waals surface area contributed by atoms with E-state index in [0.29, 0.717) is 0 Å². The number of hydrogen-bond donors (Lipinski definition) is 3. The van der Waals surface area contributed by atoms with Gasteiger partial charge in [0.15, 0.2) is 0 Å². The Labute approximate surface area is 329 Å². The summed E-state index contributed by atoms with van der Waals surface area (Å²) in [4.78, 5) is 12.5. The summed E-state index contributed by atoms with van der Waals surface area (Å²) >= 11 is 0. The van der Waals surface area contributed by atoms with Gasteiger partial charge in [0.1, 0.15) is 0 Å². The lowest BCUT2D eigenvalue weighted by Crippen LogP contribution is -2.46. The molecule has 0 rings (SSSR count). The molecule has 0 bridgehead atoms. The van der Waals surface area contributed by atoms with Gasteiger partial charge >= 0.3 is 0 Å². The van der Waals surface area contributed by atoms with Gasteiger partial charge in [0.05, 0.1) is 17.9 Å². The van der Waals surface area contributed by atoms with Gasteiger partial charge in [-0.25, -0.2) is 0 Å². The van der Waals surface area contributed by atoms with Crippen molar-refractivity contribution in [1.82, 2.24) is 5.32 Å². The van der Waals surface area contributed by atoms with E-state index in [-0.39, 0.29) is 12.3 Å². The number of amides is 1. The molecule has 7 heteroatoms. The van der Waals surface area contributed by atoms with Crippen molar-refractivity contribution in [3.63, 3.8) is 0 Å². The zero-order chi connectivity index (χ0) is 38.9. The van der Waals surface area contributed by atoms with Crippen molar-refractivity contribution in [3.8, 4) is 0 Å². The third kappa shape index (κ3) is 41.6. The molecule has 0 spiro atoms. The van der Waals surface area contributed by atoms with Crippen molar-refractivity contribution < 1.29 is 22.9 Å². The smallest absolute Gasteiger partial charge is 0.267 e. The maximum Gasteiger partial charge on any atom is 0.267 e. The molecule has 0 radical (unpaired) electrons. The number of rotatable bonds is 41. The van der Waals surface area contributed by atoms with Crippen LogP contribution in [0.25, 0.3) is 0 Å². The molecule has 0 saturated carbocycles. The molecule has 0 aromatic carbocycles. The van der Waals surface area contributed by atoms with Gasteiger partial charge in [0, 0.05) is 6.42 Å². The first-order chi connectivity index (χ1) is 25.8. The third-order valence-electron chi connectivity index (χ3n) is 10.3. The molecule has 1 amide bonds. The molecule has 312 valence electrons. The number of allylic oxidation sites excluding steroid dienone is 5. The minimum atomic E-state index is -4.36. The predicted octanol–water partition coefficient (Wildman–Crippen LogP) is 13.7. The number of aliphatic hydroxyl groups is 1. The van der Waals surface area contributed by atoms with Crippen LogP contribution >= 0.6 is 0 Å². The lowest BCUT2D eigenvalue weighted by molar-refractivity contribution is -0.122. The van der Waals surface area contributed by atoms with Crippen LogP contribution < -0.4 is 5.32 Å². The van der Waals surface area contributed by atoms with Crippen LogP contribution in [0.15, 0.2) is 36.5 Å². The van der Waals surface area contributed by atoms with E-state index in [0.717, 1.165) is 38.5 Å². The second kappa shape index (κ2) is 40.2. The predicted molar refractivity (Wildman–Crippen MR) is 230 cm³/mol. The van der Waals surface area contributed by atoms with Crippen LogP contribution in [0.4, 0.5) is 0 Å². The topological polar surface area (TPSA) is 104 Å². The zero-order valence-corrected chi connectivity index (χ0v) is 35.7. The van der Waals surface area contributed by atoms with Crippen LogP contribution in [0, 0.1) is 0 Å². The summed E-state index contributed by atoms with van der Waals surface area (Å²) in [6.45, 7) is 4.53. The van der Waals surface area contributed by atoms with Gasteiger partial charge in [-0.15, -0.1) is 0 Å². The van der Waals surface area contributed by atoms with Gasteiger partial charge in [0.25, 0.3) is 10.1 Å². The fourth-order valence-corrected chi connectivity index (χ4v) is 7.61. The molecular weight excluding hydrogens is 679 g/mol. The van der Waals surface area contributed by atoms with Gasteiger partial charge in [-0.3, -0.25) is 9.35 Å². The number of carbonyl (C=O) groups excluding carboxylic acids is 1. The molecule has 0 saturated heterocycles. The van der Waals surface area contributed by atoms with E-state index in [2.05, 4.69) is 43.5 Å². The minimum Gasteiger partial charge on any atom is -0.387 e. The quantitative estimate of drug-likeness (QED) is 0.0327. The van der Waals surface area contributed by atoms with E-state index >= 15 is 0 Å². The molecule has 0 fully saturated rings. The molecular formula is C46H87NO5S. The van der Waals surface area contributed by atoms with E-state index in [1.54, 1.807) is 0 Å². The Kier molecular flexibility index (Phi) is 39.1. The van der Waals surface area contributed by atoms with Crippen LogP contribution in [0.3, 0.4) is 0 Å². The first-order valence-electron chi connectivity index (χ1n) is 22.7. The SMILES string of the molecule is CCCCCCCC/C=C\CCCCCCCCCCCC(=O)NC(CS(=O)(=O)O)C(O)/C=C/CC/C=C/CCCCCCCCCCCCCCC. The molecule has 0 aliphatic rings. The molecule has 2 unspecified atom stereocenters. The number of unbranched alkanes of at least 4 members (excludes halogenated alkanes) is 29. The summed E-state index contributed by atoms with van der Waals surface area (Å²) in [5, 5.41) is 13.2. The van der Waals surface area contributed by atoms with E-state index < -0.39 is 28.0 Å². The Bertz CT molecular complexity index is 976. The van der Waals surface area contributed by atoms with Crippen LogP contribution in [0.1, 0.15) is 232 Å². The molecule has 0 aliphatic carbocycles. The van der Waals surface area contributed by atoms with Crippen molar-refractivity contribution in [2.45, 2.75) is 244 Å². The van der Waals surface area contributed by atoms with Crippen molar-refractivity contribution in [2.75, 3.05) is 5.75 Å². The minimum absolute atomic E-state index is 0.287. The highest BCUT2D eigenvalue weighted by atomic mass is 32.2. The van der Waals surface area contributed by atoms with Crippen molar-refractivity contribution in [2.24, 2.45) is 0 Å². The highest BCUT2D eigenvalue weighted by Gasteiger charge is 2.24. The summed E-state index contributed by atoms with van der Waals surface area (Å²) in [7, 11) is -4.36. The first kappa shape index (κ1) is 51.6. The summed E-state index contributed by atoms with van der Waals surface area (Å²) in [5.41, 5.74) is 0. The lowest BCUT2D eigenvalue weighted by atomic mass is 10.0. The summed E-state index contributed by atoms with van der Waals surface area (Å²) in [6, 6.07) is -1.07. The molecule has 6 nitrogen and oxygen atoms in total. The zero-order valence-electron chi connectivity index (χ0n) is 34.9. The Balaban J connectivity index is 3.90. The molecule has 0 heterocycles. The Hall–Kier alpha value is -1.44. The second-order valence-electron chi connectivity index (χ2n) is 15.7. The van der Waals surface area contributed by atoms with Crippen LogP contribution in [-0.2, 0) is 14.9 Å². The van der Waals surface area contributed by atoms with Crippen LogP contribution in [-0.4, -0.2) is 41.9 Å². The summed E-state index contributed by atoms with van der Waals surface area (Å²) in [6.07, 6.45) is 52.8. The van der Waals surface area contributed by atoms with Crippen molar-refractivity contribution in [1.29, 1.82) is 0 Å². The Morgan fingerprint density at radius 1 is 0.491 bits per heavy atom.